The molecular formula is C24H31ClF6N4O2. The van der Waals surface area contributed by atoms with Crippen LogP contribution in [0.5, 0.6) is 0 Å². The van der Waals surface area contributed by atoms with Crippen molar-refractivity contribution in [1.29, 1.82) is 0 Å². The molecule has 37 heavy (non-hydrogen) atoms. The van der Waals surface area contributed by atoms with Crippen molar-refractivity contribution in [3.8, 4) is 0 Å². The lowest BCUT2D eigenvalue weighted by Crippen LogP contribution is -2.52. The van der Waals surface area contributed by atoms with Gasteiger partial charge < -0.3 is 19.4 Å². The number of alkyl halides is 6. The number of anilines is 1. The number of hydrogen-bond acceptors (Lipinski definition) is 5. The Bertz CT molecular complexity index is 911. The number of benzene rings is 1. The first-order valence-electron chi connectivity index (χ1n) is 12.5. The largest absolute Gasteiger partial charge is 0.434 e. The molecule has 0 saturated carbocycles. The van der Waals surface area contributed by atoms with Gasteiger partial charge in [-0.3, -0.25) is 4.90 Å². The molecule has 208 valence electrons. The van der Waals surface area contributed by atoms with E-state index in [4.69, 9.17) is 11.6 Å². The van der Waals surface area contributed by atoms with E-state index < -0.39 is 24.5 Å². The first-order valence-corrected chi connectivity index (χ1v) is 12.9. The highest BCUT2D eigenvalue weighted by atomic mass is 35.5. The van der Waals surface area contributed by atoms with E-state index in [9.17, 15) is 31.1 Å². The molecule has 1 aromatic rings. The first-order chi connectivity index (χ1) is 17.4. The lowest BCUT2D eigenvalue weighted by Gasteiger charge is -2.39. The predicted molar refractivity (Wildman–Crippen MR) is 127 cm³/mol. The van der Waals surface area contributed by atoms with E-state index in [0.29, 0.717) is 17.6 Å². The van der Waals surface area contributed by atoms with Crippen molar-refractivity contribution >= 4 is 23.4 Å². The molecule has 0 aromatic heterocycles. The Morgan fingerprint density at radius 2 is 1.51 bits per heavy atom. The molecule has 0 bridgehead atoms. The standard InChI is InChI=1S/C24H31ClF6N4O2/c25-18-4-3-17(20(15-18)34-9-5-19(6-10-34)33-7-1-2-8-33)16-32-11-13-35(14-12-32)22(36)37-21(23(26,27)28)24(29,30)31/h3-4,15,19,21H,1-2,5-14,16H2. The van der Waals surface area contributed by atoms with Crippen LogP contribution in [0, 0.1) is 0 Å². The minimum atomic E-state index is -5.73. The molecule has 6 nitrogen and oxygen atoms in total. The molecule has 3 fully saturated rings. The van der Waals surface area contributed by atoms with Crippen LogP contribution in [0.2, 0.25) is 5.02 Å². The molecule has 3 saturated heterocycles. The molecule has 0 unspecified atom stereocenters. The van der Waals surface area contributed by atoms with Gasteiger partial charge in [0.1, 0.15) is 0 Å². The predicted octanol–water partition coefficient (Wildman–Crippen LogP) is 5.15. The van der Waals surface area contributed by atoms with Gasteiger partial charge in [0.25, 0.3) is 6.10 Å². The number of piperidine rings is 1. The molecule has 3 aliphatic heterocycles. The van der Waals surface area contributed by atoms with Crippen LogP contribution >= 0.6 is 11.6 Å². The van der Waals surface area contributed by atoms with Crippen LogP contribution in [0.3, 0.4) is 0 Å². The Hall–Kier alpha value is -1.92. The van der Waals surface area contributed by atoms with Crippen LogP contribution in [-0.2, 0) is 11.3 Å². The van der Waals surface area contributed by atoms with E-state index in [1.54, 1.807) is 6.07 Å². The summed E-state index contributed by atoms with van der Waals surface area (Å²) in [7, 11) is 0. The number of carbonyl (C=O) groups excluding carboxylic acids is 1. The van der Waals surface area contributed by atoms with Gasteiger partial charge >= 0.3 is 18.4 Å². The van der Waals surface area contributed by atoms with Crippen LogP contribution in [0.15, 0.2) is 18.2 Å². The summed E-state index contributed by atoms with van der Waals surface area (Å²) in [5.41, 5.74) is 2.07. The van der Waals surface area contributed by atoms with Crippen molar-refractivity contribution in [3.05, 3.63) is 28.8 Å². The number of nitrogens with zero attached hydrogens (tertiary/aromatic N) is 4. The zero-order chi connectivity index (χ0) is 26.8. The minimum absolute atomic E-state index is 0.0363. The fourth-order valence-corrected chi connectivity index (χ4v) is 5.53. The lowest BCUT2D eigenvalue weighted by atomic mass is 10.0. The topological polar surface area (TPSA) is 39.3 Å². The Kier molecular flexibility index (Phi) is 8.69. The molecule has 1 aromatic carbocycles. The van der Waals surface area contributed by atoms with Crippen molar-refractivity contribution in [1.82, 2.24) is 14.7 Å². The molecule has 13 heteroatoms. The Morgan fingerprint density at radius 1 is 0.919 bits per heavy atom. The van der Waals surface area contributed by atoms with Gasteiger partial charge in [-0.05, 0) is 56.5 Å². The number of amides is 1. The molecule has 1 amide bonds. The van der Waals surface area contributed by atoms with Crippen LogP contribution in [0.1, 0.15) is 31.2 Å². The average molecular weight is 557 g/mol. The third kappa shape index (κ3) is 7.14. The highest BCUT2D eigenvalue weighted by Crippen LogP contribution is 2.36. The smallest absolute Gasteiger partial charge is 0.426 e. The Morgan fingerprint density at radius 3 is 2.08 bits per heavy atom. The monoisotopic (exact) mass is 556 g/mol. The Balaban J connectivity index is 1.32. The number of halogens is 7. The van der Waals surface area contributed by atoms with E-state index in [1.807, 2.05) is 17.0 Å². The van der Waals surface area contributed by atoms with E-state index in [2.05, 4.69) is 14.5 Å². The van der Waals surface area contributed by atoms with Gasteiger partial charge in [-0.2, -0.15) is 26.3 Å². The van der Waals surface area contributed by atoms with Gasteiger partial charge in [-0.1, -0.05) is 17.7 Å². The second-order valence-electron chi connectivity index (χ2n) is 9.84. The number of carbonyl (C=O) groups is 1. The second-order valence-corrected chi connectivity index (χ2v) is 10.3. The fraction of sp³-hybridized carbons (Fsp3) is 0.708. The van der Waals surface area contributed by atoms with Crippen LogP contribution < -0.4 is 4.90 Å². The van der Waals surface area contributed by atoms with Gasteiger partial charge in [-0.15, -0.1) is 0 Å². The summed E-state index contributed by atoms with van der Waals surface area (Å²) in [5.74, 6) is 0. The molecule has 3 aliphatic rings. The minimum Gasteiger partial charge on any atom is -0.426 e. The lowest BCUT2D eigenvalue weighted by molar-refractivity contribution is -0.308. The van der Waals surface area contributed by atoms with E-state index >= 15 is 0 Å². The summed E-state index contributed by atoms with van der Waals surface area (Å²) < 4.78 is 80.2. The molecule has 0 atom stereocenters. The number of rotatable bonds is 5. The van der Waals surface area contributed by atoms with Crippen LogP contribution in [0.4, 0.5) is 36.8 Å². The van der Waals surface area contributed by atoms with Gasteiger partial charge in [0, 0.05) is 62.6 Å². The highest BCUT2D eigenvalue weighted by Gasteiger charge is 2.60. The number of likely N-dealkylation sites (tertiary alicyclic amines) is 1. The van der Waals surface area contributed by atoms with Crippen molar-refractivity contribution in [3.63, 3.8) is 0 Å². The van der Waals surface area contributed by atoms with Crippen molar-refractivity contribution in [2.75, 3.05) is 57.3 Å². The molecule has 0 N–H and O–H groups in total. The van der Waals surface area contributed by atoms with Crippen LogP contribution in [-0.4, -0.2) is 97.6 Å². The number of piperazine rings is 1. The summed E-state index contributed by atoms with van der Waals surface area (Å²) in [6.45, 7) is 5.18. The highest BCUT2D eigenvalue weighted by molar-refractivity contribution is 6.30. The maximum atomic E-state index is 12.7. The molecule has 0 aliphatic carbocycles. The van der Waals surface area contributed by atoms with E-state index in [-0.39, 0.29) is 26.2 Å². The van der Waals surface area contributed by atoms with Gasteiger partial charge in [0.15, 0.2) is 0 Å². The average Bonchev–Trinajstić information content (AvgIpc) is 3.38. The quantitative estimate of drug-likeness (QED) is 0.469. The molecule has 0 radical (unpaired) electrons. The summed E-state index contributed by atoms with van der Waals surface area (Å²) in [4.78, 5) is 19.8. The number of hydrogen-bond donors (Lipinski definition) is 0. The maximum absolute atomic E-state index is 12.7. The number of ether oxygens (including phenoxy) is 1. The van der Waals surface area contributed by atoms with Gasteiger partial charge in [0.05, 0.1) is 0 Å². The third-order valence-electron chi connectivity index (χ3n) is 7.35. The summed E-state index contributed by atoms with van der Waals surface area (Å²) in [5, 5.41) is 0.622. The van der Waals surface area contributed by atoms with Gasteiger partial charge in [-0.25, -0.2) is 4.79 Å². The van der Waals surface area contributed by atoms with Crippen molar-refractivity contribution in [2.45, 2.75) is 56.7 Å². The zero-order valence-corrected chi connectivity index (χ0v) is 21.1. The van der Waals surface area contributed by atoms with Gasteiger partial charge in [0.2, 0.25) is 0 Å². The molecule has 3 heterocycles. The van der Waals surface area contributed by atoms with E-state index in [0.717, 1.165) is 42.1 Å². The molecule has 0 spiro atoms. The van der Waals surface area contributed by atoms with Crippen molar-refractivity contribution in [2.24, 2.45) is 0 Å². The fourth-order valence-electron chi connectivity index (χ4n) is 5.37. The molecule has 4 rings (SSSR count). The second kappa shape index (κ2) is 11.4. The Labute approximate surface area is 217 Å². The maximum Gasteiger partial charge on any atom is 0.434 e. The summed E-state index contributed by atoms with van der Waals surface area (Å²) in [6.07, 6.45) is -12.6. The van der Waals surface area contributed by atoms with Crippen LogP contribution in [0.25, 0.3) is 0 Å². The summed E-state index contributed by atoms with van der Waals surface area (Å²) >= 11 is 6.30. The molecular weight excluding hydrogens is 526 g/mol. The SMILES string of the molecule is O=C(OC(C(F)(F)F)C(F)(F)F)N1CCN(Cc2ccc(Cl)cc2N2CCC(N3CCCC3)CC2)CC1. The van der Waals surface area contributed by atoms with E-state index in [1.165, 1.54) is 25.9 Å². The first kappa shape index (κ1) is 28.1. The van der Waals surface area contributed by atoms with Crippen molar-refractivity contribution < 1.29 is 35.9 Å². The normalized spacial score (nSPS) is 21.2. The zero-order valence-electron chi connectivity index (χ0n) is 20.3. The summed E-state index contributed by atoms with van der Waals surface area (Å²) in [6, 6.07) is 6.29. The third-order valence-corrected chi connectivity index (χ3v) is 7.58.